The molecule has 13 aromatic rings. The summed E-state index contributed by atoms with van der Waals surface area (Å²) in [6, 6.07) is 70.8. The van der Waals surface area contributed by atoms with E-state index < -0.39 is 0 Å². The Bertz CT molecular complexity index is 3850. The molecule has 0 fully saturated rings. The van der Waals surface area contributed by atoms with Crippen molar-refractivity contribution in [2.75, 3.05) is 4.90 Å². The van der Waals surface area contributed by atoms with Gasteiger partial charge in [0.25, 0.3) is 0 Å². The topological polar surface area (TPSA) is 42.7 Å². The zero-order chi connectivity index (χ0) is 39.3. The van der Waals surface area contributed by atoms with E-state index in [2.05, 4.69) is 193 Å². The number of furan rings is 3. The van der Waals surface area contributed by atoms with Crippen molar-refractivity contribution in [3.63, 3.8) is 0 Å². The van der Waals surface area contributed by atoms with Gasteiger partial charge in [-0.1, -0.05) is 140 Å². The van der Waals surface area contributed by atoms with Crippen molar-refractivity contribution >= 4 is 104 Å². The lowest BCUT2D eigenvalue weighted by Crippen LogP contribution is -2.11. The van der Waals surface area contributed by atoms with E-state index in [1.807, 2.05) is 12.1 Å². The number of benzene rings is 10. The first-order valence-corrected chi connectivity index (χ1v) is 20.3. The molecule has 13 rings (SSSR count). The van der Waals surface area contributed by atoms with E-state index in [1.165, 1.54) is 0 Å². The molecule has 280 valence electrons. The second kappa shape index (κ2) is 12.7. The van der Waals surface area contributed by atoms with Gasteiger partial charge in [-0.15, -0.1) is 0 Å². The number of hydrogen-bond acceptors (Lipinski definition) is 4. The van der Waals surface area contributed by atoms with Crippen LogP contribution in [-0.2, 0) is 0 Å². The van der Waals surface area contributed by atoms with Crippen LogP contribution in [0.4, 0.5) is 17.1 Å². The number of anilines is 3. The molecular weight excluding hydrogens is 735 g/mol. The van der Waals surface area contributed by atoms with Crippen LogP contribution in [-0.4, -0.2) is 0 Å². The highest BCUT2D eigenvalue weighted by atomic mass is 16.3. The van der Waals surface area contributed by atoms with Gasteiger partial charge in [0.05, 0.1) is 16.8 Å². The Labute approximate surface area is 343 Å². The molecule has 0 saturated heterocycles. The Kier molecular flexibility index (Phi) is 6.98. The molecule has 4 heteroatoms. The van der Waals surface area contributed by atoms with Crippen molar-refractivity contribution in [2.24, 2.45) is 0 Å². The number of nitrogens with zero attached hydrogens (tertiary/aromatic N) is 1. The molecule has 0 aliphatic heterocycles. The third-order valence-corrected chi connectivity index (χ3v) is 12.3. The summed E-state index contributed by atoms with van der Waals surface area (Å²) in [4.78, 5) is 2.38. The normalized spacial score (nSPS) is 12.0. The molecule has 0 spiro atoms. The largest absolute Gasteiger partial charge is 0.456 e. The van der Waals surface area contributed by atoms with Gasteiger partial charge in [-0.25, -0.2) is 0 Å². The molecule has 3 aromatic heterocycles. The zero-order valence-electron chi connectivity index (χ0n) is 32.2. The molecule has 10 aromatic carbocycles. The van der Waals surface area contributed by atoms with E-state index in [9.17, 15) is 0 Å². The van der Waals surface area contributed by atoms with E-state index in [1.54, 1.807) is 0 Å². The first-order chi connectivity index (χ1) is 29.7. The molecule has 0 radical (unpaired) electrons. The molecule has 0 aliphatic carbocycles. The van der Waals surface area contributed by atoms with Gasteiger partial charge in [-0.05, 0) is 82.6 Å². The molecule has 0 unspecified atom stereocenters. The Morgan fingerprint density at radius 1 is 0.300 bits per heavy atom. The monoisotopic (exact) mass is 767 g/mol. The van der Waals surface area contributed by atoms with Gasteiger partial charge < -0.3 is 18.2 Å². The number of para-hydroxylation sites is 3. The van der Waals surface area contributed by atoms with E-state index >= 15 is 0 Å². The molecule has 0 N–H and O–H groups in total. The van der Waals surface area contributed by atoms with Crippen LogP contribution >= 0.6 is 0 Å². The maximum atomic E-state index is 6.93. The predicted octanol–water partition coefficient (Wildman–Crippen LogP) is 16.5. The van der Waals surface area contributed by atoms with Crippen molar-refractivity contribution in [3.05, 3.63) is 200 Å². The van der Waals surface area contributed by atoms with Crippen LogP contribution in [0.2, 0.25) is 0 Å². The van der Waals surface area contributed by atoms with Crippen LogP contribution in [0.15, 0.2) is 213 Å². The second-order valence-corrected chi connectivity index (χ2v) is 15.6. The van der Waals surface area contributed by atoms with Crippen molar-refractivity contribution in [1.29, 1.82) is 0 Å². The summed E-state index contributed by atoms with van der Waals surface area (Å²) in [6.07, 6.45) is 0. The number of fused-ring (bicyclic) bond motifs is 13. The van der Waals surface area contributed by atoms with E-state index in [-0.39, 0.29) is 0 Å². The third kappa shape index (κ3) is 4.85. The molecule has 0 atom stereocenters. The first kappa shape index (κ1) is 32.9. The molecule has 0 amide bonds. The van der Waals surface area contributed by atoms with Gasteiger partial charge in [-0.2, -0.15) is 0 Å². The quantitative estimate of drug-likeness (QED) is 0.175. The molecule has 0 saturated carbocycles. The minimum atomic E-state index is 0.838. The highest BCUT2D eigenvalue weighted by Gasteiger charge is 2.24. The maximum absolute atomic E-state index is 6.93. The highest BCUT2D eigenvalue weighted by Crippen LogP contribution is 2.49. The summed E-state index contributed by atoms with van der Waals surface area (Å²) in [5, 5.41) is 11.1. The van der Waals surface area contributed by atoms with Gasteiger partial charge >= 0.3 is 0 Å². The SMILES string of the molecule is c1ccc(N(c2ccc(-c3ccc4oc5ccccc5c4c3)cc2)c2cccc3oc4c5ccccc5ccc4c23)c(-c2cccc3c2oc2c4ccccc4ccc32)c1. The fourth-order valence-corrected chi connectivity index (χ4v) is 9.47. The van der Waals surface area contributed by atoms with Crippen LogP contribution in [0.5, 0.6) is 0 Å². The number of rotatable bonds is 5. The molecule has 0 aliphatic rings. The lowest BCUT2D eigenvalue weighted by molar-refractivity contribution is 0.669. The maximum Gasteiger partial charge on any atom is 0.143 e. The first-order valence-electron chi connectivity index (χ1n) is 20.3. The summed E-state index contributed by atoms with van der Waals surface area (Å²) < 4.78 is 19.8. The highest BCUT2D eigenvalue weighted by molar-refractivity contribution is 6.21. The Hall–Kier alpha value is -8.08. The fraction of sp³-hybridized carbons (Fsp3) is 0. The molecule has 3 heterocycles. The summed E-state index contributed by atoms with van der Waals surface area (Å²) >= 11 is 0. The van der Waals surface area contributed by atoms with E-state index in [4.69, 9.17) is 13.3 Å². The molecule has 60 heavy (non-hydrogen) atoms. The van der Waals surface area contributed by atoms with Crippen molar-refractivity contribution in [3.8, 4) is 22.3 Å². The Morgan fingerprint density at radius 2 is 0.883 bits per heavy atom. The smallest absolute Gasteiger partial charge is 0.143 e. The third-order valence-electron chi connectivity index (χ3n) is 12.3. The predicted molar refractivity (Wildman–Crippen MR) is 249 cm³/mol. The standard InChI is InChI=1S/C56H33NO3/c1-3-13-39-35(11-1)25-30-45-44-18-9-17-43(56(44)60-54(39)45)41-15-5-7-19-48(41)57(49-20-10-22-52-53(49)46-31-26-36-12-2-4-14-40(36)55(46)59-52)38-28-23-34(24-29-38)37-27-32-51-47(33-37)42-16-6-8-21-50(42)58-51/h1-33H. The fourth-order valence-electron chi connectivity index (χ4n) is 9.47. The van der Waals surface area contributed by atoms with E-state index in [0.717, 1.165) is 127 Å². The molecule has 4 nitrogen and oxygen atoms in total. The minimum Gasteiger partial charge on any atom is -0.456 e. The Morgan fingerprint density at radius 3 is 1.72 bits per heavy atom. The van der Waals surface area contributed by atoms with Crippen LogP contribution in [0, 0.1) is 0 Å². The van der Waals surface area contributed by atoms with Gasteiger partial charge in [0.2, 0.25) is 0 Å². The number of hydrogen-bond donors (Lipinski definition) is 0. The summed E-state index contributed by atoms with van der Waals surface area (Å²) in [7, 11) is 0. The average molecular weight is 768 g/mol. The lowest BCUT2D eigenvalue weighted by atomic mass is 9.98. The van der Waals surface area contributed by atoms with Gasteiger partial charge in [0.15, 0.2) is 0 Å². The second-order valence-electron chi connectivity index (χ2n) is 15.6. The summed E-state index contributed by atoms with van der Waals surface area (Å²) in [5.41, 5.74) is 12.7. The van der Waals surface area contributed by atoms with Crippen molar-refractivity contribution < 1.29 is 13.3 Å². The van der Waals surface area contributed by atoms with Gasteiger partial charge in [0.1, 0.15) is 33.5 Å². The summed E-state index contributed by atoms with van der Waals surface area (Å²) in [6.45, 7) is 0. The van der Waals surface area contributed by atoms with Crippen LogP contribution in [0.3, 0.4) is 0 Å². The van der Waals surface area contributed by atoms with Gasteiger partial charge in [-0.3, -0.25) is 0 Å². The Balaban J connectivity index is 1.04. The minimum absolute atomic E-state index is 0.838. The zero-order valence-corrected chi connectivity index (χ0v) is 32.2. The van der Waals surface area contributed by atoms with Gasteiger partial charge in [0, 0.05) is 54.5 Å². The lowest BCUT2D eigenvalue weighted by Gasteiger charge is -2.28. The van der Waals surface area contributed by atoms with Crippen LogP contribution in [0.25, 0.3) is 110 Å². The summed E-state index contributed by atoms with van der Waals surface area (Å²) in [5.74, 6) is 0. The van der Waals surface area contributed by atoms with Crippen molar-refractivity contribution in [2.45, 2.75) is 0 Å². The molecule has 0 bridgehead atoms. The van der Waals surface area contributed by atoms with E-state index in [0.29, 0.717) is 0 Å². The average Bonchev–Trinajstić information content (AvgIpc) is 4.01. The van der Waals surface area contributed by atoms with Crippen LogP contribution < -0.4 is 4.90 Å². The van der Waals surface area contributed by atoms with Crippen LogP contribution in [0.1, 0.15) is 0 Å². The molecular formula is C56H33NO3. The van der Waals surface area contributed by atoms with Crippen molar-refractivity contribution in [1.82, 2.24) is 0 Å².